The molecule has 1 aromatic carbocycles. The molecule has 1 rings (SSSR count). The van der Waals surface area contributed by atoms with Gasteiger partial charge in [0, 0.05) is 12.6 Å². The maximum atomic E-state index is 13.0. The van der Waals surface area contributed by atoms with E-state index in [9.17, 15) is 4.39 Å². The van der Waals surface area contributed by atoms with Crippen LogP contribution in [0.1, 0.15) is 24.4 Å². The topological polar surface area (TPSA) is 46.2 Å². The smallest absolute Gasteiger partial charge is 0.142 e. The van der Waals surface area contributed by atoms with Crippen molar-refractivity contribution in [3.63, 3.8) is 0 Å². The molecule has 0 amide bonds. The average molecular weight is 218 g/mol. The average Bonchev–Trinajstić information content (AvgIpc) is 2.18. The van der Waals surface area contributed by atoms with Gasteiger partial charge in [-0.05, 0) is 24.5 Å². The van der Waals surface area contributed by atoms with Crippen LogP contribution in [0.3, 0.4) is 0 Å². The second-order valence-electron chi connectivity index (χ2n) is 3.12. The molecular formula is C10H13ClFNO. The molecule has 0 aliphatic heterocycles. The summed E-state index contributed by atoms with van der Waals surface area (Å²) >= 11 is 5.75. The Balaban J connectivity index is 2.79. The van der Waals surface area contributed by atoms with Gasteiger partial charge in [-0.25, -0.2) is 4.39 Å². The Hall–Kier alpha value is -0.640. The van der Waals surface area contributed by atoms with E-state index in [1.54, 1.807) is 12.1 Å². The fourth-order valence-electron chi connectivity index (χ4n) is 1.27. The normalized spacial score (nSPS) is 12.9. The third-order valence-corrected chi connectivity index (χ3v) is 2.45. The molecule has 0 heterocycles. The highest BCUT2D eigenvalue weighted by Crippen LogP contribution is 2.26. The van der Waals surface area contributed by atoms with Crippen LogP contribution in [0.5, 0.6) is 0 Å². The van der Waals surface area contributed by atoms with Crippen molar-refractivity contribution < 1.29 is 9.50 Å². The van der Waals surface area contributed by atoms with Crippen LogP contribution in [0.25, 0.3) is 0 Å². The Bertz CT molecular complexity index is 306. The number of halogens is 2. The quantitative estimate of drug-likeness (QED) is 0.813. The standard InChI is InChI=1S/C10H13ClFNO/c11-10-7(3-1-4-8(10)12)9(13)5-2-6-14/h1,3-4,9,14H,2,5-6,13H2/t9-/m1/s1. The van der Waals surface area contributed by atoms with Crippen LogP contribution in [-0.2, 0) is 0 Å². The van der Waals surface area contributed by atoms with Crippen molar-refractivity contribution in [2.45, 2.75) is 18.9 Å². The molecule has 3 N–H and O–H groups in total. The number of aliphatic hydroxyl groups is 1. The first-order valence-electron chi connectivity index (χ1n) is 4.47. The first-order valence-corrected chi connectivity index (χ1v) is 4.85. The molecular weight excluding hydrogens is 205 g/mol. The second kappa shape index (κ2) is 5.29. The van der Waals surface area contributed by atoms with Gasteiger partial charge in [0.2, 0.25) is 0 Å². The highest BCUT2D eigenvalue weighted by molar-refractivity contribution is 6.31. The second-order valence-corrected chi connectivity index (χ2v) is 3.49. The Morgan fingerprint density at radius 1 is 1.50 bits per heavy atom. The van der Waals surface area contributed by atoms with Gasteiger partial charge in [0.1, 0.15) is 5.82 Å². The summed E-state index contributed by atoms with van der Waals surface area (Å²) in [5.74, 6) is -0.455. The number of aliphatic hydroxyl groups excluding tert-OH is 1. The van der Waals surface area contributed by atoms with E-state index in [4.69, 9.17) is 22.4 Å². The fourth-order valence-corrected chi connectivity index (χ4v) is 1.54. The molecule has 2 nitrogen and oxygen atoms in total. The van der Waals surface area contributed by atoms with Crippen molar-refractivity contribution in [1.29, 1.82) is 0 Å². The summed E-state index contributed by atoms with van der Waals surface area (Å²) < 4.78 is 13.0. The first-order chi connectivity index (χ1) is 6.66. The van der Waals surface area contributed by atoms with E-state index in [2.05, 4.69) is 0 Å². The van der Waals surface area contributed by atoms with E-state index in [0.29, 0.717) is 18.4 Å². The number of nitrogens with two attached hydrogens (primary N) is 1. The van der Waals surface area contributed by atoms with Gasteiger partial charge in [0.05, 0.1) is 5.02 Å². The van der Waals surface area contributed by atoms with Crippen molar-refractivity contribution in [3.05, 3.63) is 34.6 Å². The van der Waals surface area contributed by atoms with E-state index >= 15 is 0 Å². The highest BCUT2D eigenvalue weighted by atomic mass is 35.5. The maximum Gasteiger partial charge on any atom is 0.142 e. The summed E-state index contributed by atoms with van der Waals surface area (Å²) in [4.78, 5) is 0. The molecule has 0 bridgehead atoms. The molecule has 0 spiro atoms. The zero-order chi connectivity index (χ0) is 10.6. The molecule has 78 valence electrons. The Morgan fingerprint density at radius 2 is 2.21 bits per heavy atom. The van der Waals surface area contributed by atoms with Gasteiger partial charge in [0.25, 0.3) is 0 Å². The summed E-state index contributed by atoms with van der Waals surface area (Å²) in [6.07, 6.45) is 1.19. The zero-order valence-corrected chi connectivity index (χ0v) is 8.47. The first kappa shape index (κ1) is 11.4. The largest absolute Gasteiger partial charge is 0.396 e. The Labute approximate surface area is 87.5 Å². The van der Waals surface area contributed by atoms with Gasteiger partial charge in [-0.15, -0.1) is 0 Å². The lowest BCUT2D eigenvalue weighted by atomic mass is 10.0. The van der Waals surface area contributed by atoms with Crippen LogP contribution in [0, 0.1) is 5.82 Å². The molecule has 0 saturated heterocycles. The maximum absolute atomic E-state index is 13.0. The van der Waals surface area contributed by atoms with Gasteiger partial charge in [-0.2, -0.15) is 0 Å². The summed E-state index contributed by atoms with van der Waals surface area (Å²) in [6.45, 7) is 0.0840. The van der Waals surface area contributed by atoms with Crippen molar-refractivity contribution >= 4 is 11.6 Å². The lowest BCUT2D eigenvalue weighted by molar-refractivity contribution is 0.280. The molecule has 0 unspecified atom stereocenters. The van der Waals surface area contributed by atoms with Crippen molar-refractivity contribution in [2.24, 2.45) is 5.73 Å². The predicted octanol–water partition coefficient (Wildman–Crippen LogP) is 2.25. The molecule has 1 aromatic rings. The highest BCUT2D eigenvalue weighted by Gasteiger charge is 2.12. The fraction of sp³-hybridized carbons (Fsp3) is 0.400. The lowest BCUT2D eigenvalue weighted by Crippen LogP contribution is -2.11. The monoisotopic (exact) mass is 217 g/mol. The minimum Gasteiger partial charge on any atom is -0.396 e. The summed E-state index contributed by atoms with van der Waals surface area (Å²) in [5.41, 5.74) is 6.39. The summed E-state index contributed by atoms with van der Waals surface area (Å²) in [7, 11) is 0. The third kappa shape index (κ3) is 2.67. The SMILES string of the molecule is N[C@H](CCCO)c1cccc(F)c1Cl. The molecule has 0 fully saturated rings. The van der Waals surface area contributed by atoms with E-state index in [0.717, 1.165) is 0 Å². The van der Waals surface area contributed by atoms with Gasteiger partial charge < -0.3 is 10.8 Å². The molecule has 0 saturated carbocycles. The number of hydrogen-bond donors (Lipinski definition) is 2. The Morgan fingerprint density at radius 3 is 2.86 bits per heavy atom. The zero-order valence-electron chi connectivity index (χ0n) is 7.71. The molecule has 0 aliphatic rings. The van der Waals surface area contributed by atoms with Crippen LogP contribution in [0.2, 0.25) is 5.02 Å². The van der Waals surface area contributed by atoms with E-state index in [-0.39, 0.29) is 17.7 Å². The van der Waals surface area contributed by atoms with Gasteiger partial charge in [-0.3, -0.25) is 0 Å². The molecule has 14 heavy (non-hydrogen) atoms. The van der Waals surface area contributed by atoms with Crippen molar-refractivity contribution in [2.75, 3.05) is 6.61 Å². The van der Waals surface area contributed by atoms with Crippen molar-refractivity contribution in [3.8, 4) is 0 Å². The van der Waals surface area contributed by atoms with Gasteiger partial charge in [0.15, 0.2) is 0 Å². The predicted molar refractivity (Wildman–Crippen MR) is 54.7 cm³/mol. The molecule has 0 aromatic heterocycles. The third-order valence-electron chi connectivity index (χ3n) is 2.05. The van der Waals surface area contributed by atoms with Crippen LogP contribution in [0.15, 0.2) is 18.2 Å². The Kier molecular flexibility index (Phi) is 4.32. The molecule has 0 radical (unpaired) electrons. The van der Waals surface area contributed by atoms with Crippen molar-refractivity contribution in [1.82, 2.24) is 0 Å². The van der Waals surface area contributed by atoms with Gasteiger partial charge >= 0.3 is 0 Å². The van der Waals surface area contributed by atoms with Crippen LogP contribution in [-0.4, -0.2) is 11.7 Å². The molecule has 4 heteroatoms. The van der Waals surface area contributed by atoms with Crippen LogP contribution in [0.4, 0.5) is 4.39 Å². The summed E-state index contributed by atoms with van der Waals surface area (Å²) in [5, 5.41) is 8.70. The van der Waals surface area contributed by atoms with Crippen LogP contribution >= 0.6 is 11.6 Å². The van der Waals surface area contributed by atoms with E-state index in [1.165, 1.54) is 6.07 Å². The lowest BCUT2D eigenvalue weighted by Gasteiger charge is -2.12. The van der Waals surface area contributed by atoms with Crippen LogP contribution < -0.4 is 5.73 Å². The van der Waals surface area contributed by atoms with E-state index in [1.807, 2.05) is 0 Å². The minimum absolute atomic E-state index is 0.0814. The molecule has 1 atom stereocenters. The number of rotatable bonds is 4. The minimum atomic E-state index is -0.455. The molecule has 0 aliphatic carbocycles. The van der Waals surface area contributed by atoms with E-state index < -0.39 is 5.82 Å². The number of benzene rings is 1. The van der Waals surface area contributed by atoms with Gasteiger partial charge in [-0.1, -0.05) is 23.7 Å². The number of hydrogen-bond acceptors (Lipinski definition) is 2. The summed E-state index contributed by atoms with van der Waals surface area (Å²) in [6, 6.07) is 4.26.